The summed E-state index contributed by atoms with van der Waals surface area (Å²) in [7, 11) is 1.90. The summed E-state index contributed by atoms with van der Waals surface area (Å²) in [6, 6.07) is 13.9. The summed E-state index contributed by atoms with van der Waals surface area (Å²) in [5.41, 5.74) is 0.899. The first-order chi connectivity index (χ1) is 8.78. The summed E-state index contributed by atoms with van der Waals surface area (Å²) in [5.74, 6) is 2.64. The molecule has 0 aliphatic rings. The van der Waals surface area contributed by atoms with Crippen molar-refractivity contribution in [1.82, 2.24) is 5.32 Å². The average molecular weight is 241 g/mol. The van der Waals surface area contributed by atoms with Crippen LogP contribution in [0.4, 0.5) is 0 Å². The molecule has 0 fully saturated rings. The molecule has 1 aromatic carbocycles. The van der Waals surface area contributed by atoms with Gasteiger partial charge in [0.1, 0.15) is 28.9 Å². The molecule has 0 saturated carbocycles. The van der Waals surface area contributed by atoms with Gasteiger partial charge in [0.05, 0.1) is 0 Å². The van der Waals surface area contributed by atoms with Gasteiger partial charge in [0, 0.05) is 5.39 Å². The van der Waals surface area contributed by atoms with E-state index in [1.807, 2.05) is 56.4 Å². The predicted octanol–water partition coefficient (Wildman–Crippen LogP) is 3.64. The summed E-state index contributed by atoms with van der Waals surface area (Å²) in [5, 5.41) is 4.33. The Morgan fingerprint density at radius 3 is 2.50 bits per heavy atom. The molecule has 0 radical (unpaired) electrons. The molecule has 2 aromatic heterocycles. The van der Waals surface area contributed by atoms with Gasteiger partial charge in [-0.1, -0.05) is 18.2 Å². The van der Waals surface area contributed by atoms with Crippen LogP contribution in [0.25, 0.3) is 11.0 Å². The summed E-state index contributed by atoms with van der Waals surface area (Å²) < 4.78 is 11.5. The highest BCUT2D eigenvalue weighted by molar-refractivity contribution is 5.77. The summed E-state index contributed by atoms with van der Waals surface area (Å²) in [6.45, 7) is 1.94. The van der Waals surface area contributed by atoms with E-state index in [0.717, 1.165) is 28.2 Å². The Bertz CT molecular complexity index is 633. The number of hydrogen-bond acceptors (Lipinski definition) is 3. The van der Waals surface area contributed by atoms with Gasteiger partial charge in [-0.15, -0.1) is 0 Å². The second-order valence-electron chi connectivity index (χ2n) is 4.36. The number of benzene rings is 1. The second-order valence-corrected chi connectivity index (χ2v) is 4.36. The zero-order valence-electron chi connectivity index (χ0n) is 10.4. The topological polar surface area (TPSA) is 38.3 Å². The molecule has 0 spiro atoms. The maximum absolute atomic E-state index is 5.86. The van der Waals surface area contributed by atoms with Crippen LogP contribution >= 0.6 is 0 Å². The minimum Gasteiger partial charge on any atom is -0.464 e. The highest BCUT2D eigenvalue weighted by atomic mass is 16.4. The van der Waals surface area contributed by atoms with E-state index in [2.05, 4.69) is 5.32 Å². The summed E-state index contributed by atoms with van der Waals surface area (Å²) in [6.07, 6.45) is 0. The Morgan fingerprint density at radius 1 is 1.00 bits per heavy atom. The van der Waals surface area contributed by atoms with Gasteiger partial charge in [-0.05, 0) is 38.2 Å². The van der Waals surface area contributed by atoms with Crippen LogP contribution in [0.1, 0.15) is 23.3 Å². The molecule has 1 N–H and O–H groups in total. The van der Waals surface area contributed by atoms with Crippen molar-refractivity contribution >= 4 is 11.0 Å². The molecule has 0 bridgehead atoms. The number of fused-ring (bicyclic) bond motifs is 1. The van der Waals surface area contributed by atoms with Crippen LogP contribution in [-0.2, 0) is 0 Å². The van der Waals surface area contributed by atoms with Crippen molar-refractivity contribution in [2.75, 3.05) is 7.05 Å². The van der Waals surface area contributed by atoms with Crippen molar-refractivity contribution in [3.8, 4) is 0 Å². The average Bonchev–Trinajstić information content (AvgIpc) is 2.96. The second kappa shape index (κ2) is 4.35. The van der Waals surface area contributed by atoms with Gasteiger partial charge in [0.2, 0.25) is 0 Å². The van der Waals surface area contributed by atoms with Crippen molar-refractivity contribution in [3.63, 3.8) is 0 Å². The molecule has 0 aliphatic carbocycles. The third kappa shape index (κ3) is 1.83. The van der Waals surface area contributed by atoms with Crippen LogP contribution < -0.4 is 5.32 Å². The zero-order valence-corrected chi connectivity index (χ0v) is 10.4. The molecular weight excluding hydrogens is 226 g/mol. The van der Waals surface area contributed by atoms with Gasteiger partial charge in [-0.25, -0.2) is 0 Å². The predicted molar refractivity (Wildman–Crippen MR) is 70.6 cm³/mol. The van der Waals surface area contributed by atoms with E-state index in [1.165, 1.54) is 0 Å². The van der Waals surface area contributed by atoms with E-state index >= 15 is 0 Å². The standard InChI is InChI=1S/C15H15NO2/c1-10-7-8-13(17-10)15(16-2)14-9-11-5-3-4-6-12(11)18-14/h3-9,15-16H,1-2H3. The van der Waals surface area contributed by atoms with Crippen LogP contribution in [0.15, 0.2) is 51.3 Å². The number of para-hydroxylation sites is 1. The van der Waals surface area contributed by atoms with Crippen LogP contribution in [0.2, 0.25) is 0 Å². The van der Waals surface area contributed by atoms with Crippen LogP contribution in [0.3, 0.4) is 0 Å². The number of rotatable bonds is 3. The Kier molecular flexibility index (Phi) is 2.68. The van der Waals surface area contributed by atoms with Gasteiger partial charge >= 0.3 is 0 Å². The maximum Gasteiger partial charge on any atom is 0.134 e. The Balaban J connectivity index is 2.05. The first-order valence-electron chi connectivity index (χ1n) is 6.00. The van der Waals surface area contributed by atoms with E-state index in [4.69, 9.17) is 8.83 Å². The lowest BCUT2D eigenvalue weighted by atomic mass is 10.1. The largest absolute Gasteiger partial charge is 0.464 e. The Morgan fingerprint density at radius 2 is 1.83 bits per heavy atom. The highest BCUT2D eigenvalue weighted by Gasteiger charge is 2.19. The van der Waals surface area contributed by atoms with Crippen molar-refractivity contribution in [1.29, 1.82) is 0 Å². The number of furan rings is 2. The lowest BCUT2D eigenvalue weighted by molar-refractivity contribution is 0.404. The molecule has 1 unspecified atom stereocenters. The molecule has 0 aliphatic heterocycles. The molecule has 3 rings (SSSR count). The fraction of sp³-hybridized carbons (Fsp3) is 0.200. The summed E-state index contributed by atoms with van der Waals surface area (Å²) in [4.78, 5) is 0. The zero-order chi connectivity index (χ0) is 12.5. The van der Waals surface area contributed by atoms with Crippen LogP contribution in [0, 0.1) is 6.92 Å². The van der Waals surface area contributed by atoms with Gasteiger partial charge in [-0.3, -0.25) is 0 Å². The van der Waals surface area contributed by atoms with Crippen LogP contribution in [-0.4, -0.2) is 7.05 Å². The first kappa shape index (κ1) is 11.1. The normalized spacial score (nSPS) is 13.0. The van der Waals surface area contributed by atoms with Gasteiger partial charge < -0.3 is 14.2 Å². The molecule has 3 nitrogen and oxygen atoms in total. The highest BCUT2D eigenvalue weighted by Crippen LogP contribution is 2.28. The molecule has 2 heterocycles. The van der Waals surface area contributed by atoms with Gasteiger partial charge in [-0.2, -0.15) is 0 Å². The van der Waals surface area contributed by atoms with Gasteiger partial charge in [0.25, 0.3) is 0 Å². The number of nitrogens with one attached hydrogen (secondary N) is 1. The third-order valence-electron chi connectivity index (χ3n) is 3.06. The van der Waals surface area contributed by atoms with Crippen molar-refractivity contribution in [2.45, 2.75) is 13.0 Å². The fourth-order valence-electron chi connectivity index (χ4n) is 2.18. The molecular formula is C15H15NO2. The Hall–Kier alpha value is -2.00. The lowest BCUT2D eigenvalue weighted by Crippen LogP contribution is -2.16. The van der Waals surface area contributed by atoms with E-state index in [9.17, 15) is 0 Å². The minimum absolute atomic E-state index is 0.0499. The molecule has 0 amide bonds. The molecule has 3 aromatic rings. The number of hydrogen-bond donors (Lipinski definition) is 1. The van der Waals surface area contributed by atoms with E-state index in [0.29, 0.717) is 0 Å². The van der Waals surface area contributed by atoms with Crippen molar-refractivity contribution in [2.24, 2.45) is 0 Å². The lowest BCUT2D eigenvalue weighted by Gasteiger charge is -2.10. The number of aryl methyl sites for hydroxylation is 1. The Labute approximate surface area is 105 Å². The minimum atomic E-state index is -0.0499. The third-order valence-corrected chi connectivity index (χ3v) is 3.06. The molecule has 0 saturated heterocycles. The monoisotopic (exact) mass is 241 g/mol. The van der Waals surface area contributed by atoms with Crippen molar-refractivity contribution in [3.05, 3.63) is 59.7 Å². The smallest absolute Gasteiger partial charge is 0.134 e. The molecule has 3 heteroatoms. The fourth-order valence-corrected chi connectivity index (χ4v) is 2.18. The quantitative estimate of drug-likeness (QED) is 0.760. The summed E-state index contributed by atoms with van der Waals surface area (Å²) >= 11 is 0. The SMILES string of the molecule is CNC(c1ccc(C)o1)c1cc2ccccc2o1. The van der Waals surface area contributed by atoms with Gasteiger partial charge in [0.15, 0.2) is 0 Å². The first-order valence-corrected chi connectivity index (χ1v) is 6.00. The maximum atomic E-state index is 5.86. The molecule has 18 heavy (non-hydrogen) atoms. The van der Waals surface area contributed by atoms with E-state index < -0.39 is 0 Å². The van der Waals surface area contributed by atoms with E-state index in [1.54, 1.807) is 0 Å². The van der Waals surface area contributed by atoms with Crippen LogP contribution in [0.5, 0.6) is 0 Å². The molecule has 92 valence electrons. The van der Waals surface area contributed by atoms with Crippen molar-refractivity contribution < 1.29 is 8.83 Å². The molecule has 1 atom stereocenters. The van der Waals surface area contributed by atoms with E-state index in [-0.39, 0.29) is 6.04 Å².